The topological polar surface area (TPSA) is 12.0 Å². The summed E-state index contributed by atoms with van der Waals surface area (Å²) in [6, 6.07) is 6.00. The lowest BCUT2D eigenvalue weighted by molar-refractivity contribution is 0.443. The lowest BCUT2D eigenvalue weighted by Crippen LogP contribution is -2.23. The molecule has 0 amide bonds. The summed E-state index contributed by atoms with van der Waals surface area (Å²) in [6.45, 7) is 4.26. The van der Waals surface area contributed by atoms with Gasteiger partial charge < -0.3 is 5.32 Å². The van der Waals surface area contributed by atoms with Crippen LogP contribution in [0.1, 0.15) is 31.7 Å². The summed E-state index contributed by atoms with van der Waals surface area (Å²) in [5.74, 6) is 0. The van der Waals surface area contributed by atoms with Crippen molar-refractivity contribution in [3.63, 3.8) is 0 Å². The second kappa shape index (κ2) is 5.07. The number of rotatable bonds is 5. The van der Waals surface area contributed by atoms with Gasteiger partial charge in [0.1, 0.15) is 0 Å². The quantitative estimate of drug-likeness (QED) is 0.851. The Morgan fingerprint density at radius 1 is 1.44 bits per heavy atom. The maximum atomic E-state index is 6.13. The van der Waals surface area contributed by atoms with Crippen LogP contribution in [0.5, 0.6) is 0 Å². The van der Waals surface area contributed by atoms with Crippen LogP contribution in [0.4, 0.5) is 0 Å². The van der Waals surface area contributed by atoms with E-state index in [-0.39, 0.29) is 0 Å². The van der Waals surface area contributed by atoms with Crippen molar-refractivity contribution in [1.82, 2.24) is 5.32 Å². The van der Waals surface area contributed by atoms with Crippen LogP contribution >= 0.6 is 27.5 Å². The molecular formula is C13H17BrClN. The van der Waals surface area contributed by atoms with Crippen molar-refractivity contribution in [1.29, 1.82) is 0 Å². The summed E-state index contributed by atoms with van der Waals surface area (Å²) in [6.07, 6.45) is 4.04. The van der Waals surface area contributed by atoms with E-state index < -0.39 is 0 Å². The second-order valence-electron chi connectivity index (χ2n) is 4.69. The van der Waals surface area contributed by atoms with Crippen molar-refractivity contribution in [2.24, 2.45) is 5.41 Å². The largest absolute Gasteiger partial charge is 0.312 e. The number of nitrogens with one attached hydrogen (secondary N) is 1. The number of hydrogen-bond acceptors (Lipinski definition) is 1. The first-order valence-corrected chi connectivity index (χ1v) is 6.97. The minimum absolute atomic E-state index is 0.596. The van der Waals surface area contributed by atoms with Crippen LogP contribution in [0.15, 0.2) is 22.7 Å². The van der Waals surface area contributed by atoms with Gasteiger partial charge in [0.15, 0.2) is 0 Å². The van der Waals surface area contributed by atoms with Crippen molar-refractivity contribution >= 4 is 27.5 Å². The predicted molar refractivity (Wildman–Crippen MR) is 72.8 cm³/mol. The van der Waals surface area contributed by atoms with E-state index in [1.807, 2.05) is 12.1 Å². The maximum Gasteiger partial charge on any atom is 0.0451 e. The lowest BCUT2D eigenvalue weighted by atomic mass is 10.0. The summed E-state index contributed by atoms with van der Waals surface area (Å²) in [5, 5.41) is 4.36. The van der Waals surface area contributed by atoms with Crippen LogP contribution in [-0.4, -0.2) is 6.54 Å². The fraction of sp³-hybridized carbons (Fsp3) is 0.538. The Bertz CT molecular complexity index is 374. The zero-order valence-corrected chi connectivity index (χ0v) is 11.9. The van der Waals surface area contributed by atoms with Gasteiger partial charge >= 0.3 is 0 Å². The Hall–Kier alpha value is -0.0500. The van der Waals surface area contributed by atoms with Gasteiger partial charge in [0.05, 0.1) is 0 Å². The average molecular weight is 303 g/mol. The monoisotopic (exact) mass is 301 g/mol. The molecule has 0 saturated heterocycles. The number of hydrogen-bond donors (Lipinski definition) is 1. The molecule has 0 heterocycles. The van der Waals surface area contributed by atoms with E-state index in [9.17, 15) is 0 Å². The van der Waals surface area contributed by atoms with Gasteiger partial charge in [-0.05, 0) is 48.4 Å². The van der Waals surface area contributed by atoms with Crippen LogP contribution < -0.4 is 5.32 Å². The van der Waals surface area contributed by atoms with Crippen molar-refractivity contribution in [2.75, 3.05) is 6.54 Å². The van der Waals surface area contributed by atoms with Gasteiger partial charge in [-0.1, -0.05) is 34.5 Å². The Morgan fingerprint density at radius 2 is 2.19 bits per heavy atom. The second-order valence-corrected chi connectivity index (χ2v) is 6.02. The van der Waals surface area contributed by atoms with E-state index >= 15 is 0 Å². The molecular weight excluding hydrogens is 286 g/mol. The Balaban J connectivity index is 1.87. The van der Waals surface area contributed by atoms with Crippen LogP contribution in [0.25, 0.3) is 0 Å². The zero-order valence-electron chi connectivity index (χ0n) is 9.52. The third kappa shape index (κ3) is 2.99. The van der Waals surface area contributed by atoms with Crippen LogP contribution in [0, 0.1) is 5.41 Å². The summed E-state index contributed by atoms with van der Waals surface area (Å²) < 4.78 is 1.09. The predicted octanol–water partition coefficient (Wildman–Crippen LogP) is 4.38. The summed E-state index contributed by atoms with van der Waals surface area (Å²) in [4.78, 5) is 0. The van der Waals surface area contributed by atoms with Gasteiger partial charge in [0.25, 0.3) is 0 Å². The molecule has 0 bridgehead atoms. The minimum atomic E-state index is 0.596. The number of benzene rings is 1. The minimum Gasteiger partial charge on any atom is -0.312 e. The van der Waals surface area contributed by atoms with Crippen LogP contribution in [0.2, 0.25) is 5.02 Å². The van der Waals surface area contributed by atoms with Gasteiger partial charge in [0, 0.05) is 22.6 Å². The van der Waals surface area contributed by atoms with E-state index in [1.54, 1.807) is 0 Å². The van der Waals surface area contributed by atoms with Crippen molar-refractivity contribution in [2.45, 2.75) is 32.7 Å². The highest BCUT2D eigenvalue weighted by Crippen LogP contribution is 2.47. The van der Waals surface area contributed by atoms with Gasteiger partial charge in [0.2, 0.25) is 0 Å². The van der Waals surface area contributed by atoms with E-state index in [0.29, 0.717) is 5.41 Å². The van der Waals surface area contributed by atoms with E-state index in [4.69, 9.17) is 11.6 Å². The van der Waals surface area contributed by atoms with Crippen molar-refractivity contribution in [3.05, 3.63) is 33.3 Å². The Labute approximate surface area is 111 Å². The molecule has 0 radical (unpaired) electrons. The molecule has 1 aromatic carbocycles. The molecule has 3 heteroatoms. The highest BCUT2D eigenvalue weighted by Gasteiger charge is 2.39. The molecule has 1 nitrogen and oxygen atoms in total. The lowest BCUT2D eigenvalue weighted by Gasteiger charge is -2.14. The maximum absolute atomic E-state index is 6.13. The van der Waals surface area contributed by atoms with Crippen LogP contribution in [0.3, 0.4) is 0 Å². The Kier molecular flexibility index (Phi) is 3.93. The highest BCUT2D eigenvalue weighted by molar-refractivity contribution is 9.10. The standard InChI is InChI=1S/C13H17BrClN/c1-2-13(5-6-13)9-16-8-10-7-11(14)3-4-12(10)15/h3-4,7,16H,2,5-6,8-9H2,1H3. The molecule has 0 atom stereocenters. The van der Waals surface area contributed by atoms with Gasteiger partial charge in [-0.2, -0.15) is 0 Å². The Morgan fingerprint density at radius 3 is 2.81 bits per heavy atom. The molecule has 16 heavy (non-hydrogen) atoms. The smallest absolute Gasteiger partial charge is 0.0451 e. The van der Waals surface area contributed by atoms with Gasteiger partial charge in [-0.15, -0.1) is 0 Å². The molecule has 0 aromatic heterocycles. The summed E-state index contributed by atoms with van der Waals surface area (Å²) >= 11 is 9.60. The first-order valence-electron chi connectivity index (χ1n) is 5.80. The van der Waals surface area contributed by atoms with E-state index in [2.05, 4.69) is 34.2 Å². The van der Waals surface area contributed by atoms with Gasteiger partial charge in [-0.3, -0.25) is 0 Å². The molecule has 0 unspecified atom stereocenters. The molecule has 88 valence electrons. The molecule has 0 spiro atoms. The molecule has 0 aliphatic heterocycles. The molecule has 1 aliphatic carbocycles. The SMILES string of the molecule is CCC1(CNCc2cc(Br)ccc2Cl)CC1. The van der Waals surface area contributed by atoms with Crippen LogP contribution in [-0.2, 0) is 6.54 Å². The van der Waals surface area contributed by atoms with Crippen molar-refractivity contribution < 1.29 is 0 Å². The normalized spacial score (nSPS) is 17.4. The summed E-state index contributed by atoms with van der Waals surface area (Å²) in [5.41, 5.74) is 1.77. The first-order chi connectivity index (χ1) is 7.65. The molecule has 1 saturated carbocycles. The zero-order chi connectivity index (χ0) is 11.6. The summed E-state index contributed by atoms with van der Waals surface area (Å²) in [7, 11) is 0. The molecule has 2 rings (SSSR count). The molecule has 1 N–H and O–H groups in total. The number of halogens is 2. The third-order valence-corrected chi connectivity index (χ3v) is 4.39. The van der Waals surface area contributed by atoms with Gasteiger partial charge in [-0.25, -0.2) is 0 Å². The first kappa shape index (κ1) is 12.4. The van der Waals surface area contributed by atoms with E-state index in [1.165, 1.54) is 24.8 Å². The van der Waals surface area contributed by atoms with E-state index in [0.717, 1.165) is 22.6 Å². The van der Waals surface area contributed by atoms with Crippen molar-refractivity contribution in [3.8, 4) is 0 Å². The highest BCUT2D eigenvalue weighted by atomic mass is 79.9. The third-order valence-electron chi connectivity index (χ3n) is 3.53. The fourth-order valence-corrected chi connectivity index (χ4v) is 2.57. The fourth-order valence-electron chi connectivity index (χ4n) is 1.97. The average Bonchev–Trinajstić information content (AvgIpc) is 3.04. The molecule has 1 fully saturated rings. The molecule has 1 aromatic rings. The molecule has 1 aliphatic rings.